The van der Waals surface area contributed by atoms with Crippen molar-refractivity contribution < 1.29 is 13.9 Å². The molecule has 0 fully saturated rings. The molecule has 0 aliphatic heterocycles. The lowest BCUT2D eigenvalue weighted by Gasteiger charge is -2.08. The number of nitrogens with one attached hydrogen (secondary N) is 1. The van der Waals surface area contributed by atoms with Gasteiger partial charge in [0.25, 0.3) is 0 Å². The zero-order chi connectivity index (χ0) is 15.2. The molecule has 3 N–H and O–H groups in total. The van der Waals surface area contributed by atoms with Gasteiger partial charge in [-0.3, -0.25) is 4.79 Å². The standard InChI is InChI=1S/C15H14ClFN2O2/c16-13-9-12(5-6-14(13)17)21-8-7-15(20)19-11-3-1-10(18)2-4-11/h1-6,9H,7-8,18H2,(H,19,20). The Hall–Kier alpha value is -2.27. The third-order valence-electron chi connectivity index (χ3n) is 2.68. The second-order valence-corrected chi connectivity index (χ2v) is 4.75. The second kappa shape index (κ2) is 6.95. The van der Waals surface area contributed by atoms with Gasteiger partial charge in [0.15, 0.2) is 0 Å². The summed E-state index contributed by atoms with van der Waals surface area (Å²) in [6.45, 7) is 0.169. The highest BCUT2D eigenvalue weighted by molar-refractivity contribution is 6.30. The van der Waals surface area contributed by atoms with Gasteiger partial charge in [-0.2, -0.15) is 0 Å². The quantitative estimate of drug-likeness (QED) is 0.831. The van der Waals surface area contributed by atoms with Crippen molar-refractivity contribution in [2.24, 2.45) is 0 Å². The van der Waals surface area contributed by atoms with Crippen molar-refractivity contribution in [3.63, 3.8) is 0 Å². The summed E-state index contributed by atoms with van der Waals surface area (Å²) in [7, 11) is 0. The number of anilines is 2. The zero-order valence-corrected chi connectivity index (χ0v) is 11.9. The first kappa shape index (κ1) is 15.1. The number of nitrogen functional groups attached to an aromatic ring is 1. The lowest BCUT2D eigenvalue weighted by atomic mass is 10.3. The molecule has 0 radical (unpaired) electrons. The summed E-state index contributed by atoms with van der Waals surface area (Å²) in [6.07, 6.45) is 0.166. The summed E-state index contributed by atoms with van der Waals surface area (Å²) >= 11 is 5.63. The molecule has 0 heterocycles. The number of halogens is 2. The molecule has 0 bridgehead atoms. The maximum atomic E-state index is 13.0. The Kier molecular flexibility index (Phi) is 5.00. The Labute approximate surface area is 126 Å². The van der Waals surface area contributed by atoms with E-state index in [2.05, 4.69) is 5.32 Å². The smallest absolute Gasteiger partial charge is 0.227 e. The molecule has 2 rings (SSSR count). The molecule has 0 saturated heterocycles. The van der Waals surface area contributed by atoms with Crippen LogP contribution in [-0.2, 0) is 4.79 Å². The average molecular weight is 309 g/mol. The largest absolute Gasteiger partial charge is 0.493 e. The summed E-state index contributed by atoms with van der Waals surface area (Å²) < 4.78 is 18.3. The number of hydrogen-bond acceptors (Lipinski definition) is 3. The maximum absolute atomic E-state index is 13.0. The first-order chi connectivity index (χ1) is 10.0. The normalized spacial score (nSPS) is 10.2. The van der Waals surface area contributed by atoms with Crippen molar-refractivity contribution >= 4 is 28.9 Å². The number of hydrogen-bond donors (Lipinski definition) is 2. The van der Waals surface area contributed by atoms with E-state index < -0.39 is 5.82 Å². The minimum atomic E-state index is -0.509. The lowest BCUT2D eigenvalue weighted by molar-refractivity contribution is -0.116. The molecule has 0 aliphatic rings. The highest BCUT2D eigenvalue weighted by Gasteiger charge is 2.05. The SMILES string of the molecule is Nc1ccc(NC(=O)CCOc2ccc(F)c(Cl)c2)cc1. The zero-order valence-electron chi connectivity index (χ0n) is 11.1. The highest BCUT2D eigenvalue weighted by Crippen LogP contribution is 2.21. The summed E-state index contributed by atoms with van der Waals surface area (Å²) in [6, 6.07) is 10.9. The fraction of sp³-hybridized carbons (Fsp3) is 0.133. The summed E-state index contributed by atoms with van der Waals surface area (Å²) in [5, 5.41) is 2.70. The van der Waals surface area contributed by atoms with Crippen LogP contribution in [0.5, 0.6) is 5.75 Å². The molecular formula is C15H14ClFN2O2. The van der Waals surface area contributed by atoms with Crippen molar-refractivity contribution in [3.05, 3.63) is 53.3 Å². The minimum absolute atomic E-state index is 0.0150. The van der Waals surface area contributed by atoms with E-state index in [0.29, 0.717) is 17.1 Å². The molecule has 1 amide bonds. The van der Waals surface area contributed by atoms with E-state index >= 15 is 0 Å². The van der Waals surface area contributed by atoms with Crippen LogP contribution in [0, 0.1) is 5.82 Å². The third-order valence-corrected chi connectivity index (χ3v) is 2.97. The Morgan fingerprint density at radius 3 is 2.62 bits per heavy atom. The van der Waals surface area contributed by atoms with E-state index in [9.17, 15) is 9.18 Å². The topological polar surface area (TPSA) is 64.3 Å². The van der Waals surface area contributed by atoms with Crippen molar-refractivity contribution in [2.45, 2.75) is 6.42 Å². The number of nitrogens with two attached hydrogens (primary N) is 1. The first-order valence-corrected chi connectivity index (χ1v) is 6.65. The van der Waals surface area contributed by atoms with Gasteiger partial charge in [-0.1, -0.05) is 11.6 Å². The molecule has 2 aromatic rings. The lowest BCUT2D eigenvalue weighted by Crippen LogP contribution is -2.15. The van der Waals surface area contributed by atoms with Gasteiger partial charge < -0.3 is 15.8 Å². The van der Waals surface area contributed by atoms with Crippen LogP contribution in [0.2, 0.25) is 5.02 Å². The molecule has 0 spiro atoms. The van der Waals surface area contributed by atoms with Crippen LogP contribution in [0.4, 0.5) is 15.8 Å². The summed E-state index contributed by atoms with van der Waals surface area (Å²) in [5.74, 6) is -0.278. The van der Waals surface area contributed by atoms with Crippen molar-refractivity contribution in [2.75, 3.05) is 17.7 Å². The number of ether oxygens (including phenoxy) is 1. The molecule has 4 nitrogen and oxygen atoms in total. The molecule has 0 saturated carbocycles. The van der Waals surface area contributed by atoms with Gasteiger partial charge in [-0.15, -0.1) is 0 Å². The van der Waals surface area contributed by atoms with Gasteiger partial charge in [0.05, 0.1) is 18.1 Å². The van der Waals surface area contributed by atoms with Crippen molar-refractivity contribution in [3.8, 4) is 5.75 Å². The molecular weight excluding hydrogens is 295 g/mol. The van der Waals surface area contributed by atoms with E-state index in [1.54, 1.807) is 24.3 Å². The number of benzene rings is 2. The molecule has 0 aromatic heterocycles. The second-order valence-electron chi connectivity index (χ2n) is 4.34. The molecule has 0 atom stereocenters. The van der Waals surface area contributed by atoms with Gasteiger partial charge in [-0.05, 0) is 36.4 Å². The predicted octanol–water partition coefficient (Wildman–Crippen LogP) is 3.47. The minimum Gasteiger partial charge on any atom is -0.493 e. The molecule has 110 valence electrons. The van der Waals surface area contributed by atoms with E-state index in [1.165, 1.54) is 18.2 Å². The molecule has 0 aliphatic carbocycles. The van der Waals surface area contributed by atoms with Gasteiger partial charge in [0.2, 0.25) is 5.91 Å². The van der Waals surface area contributed by atoms with E-state index in [4.69, 9.17) is 22.1 Å². The van der Waals surface area contributed by atoms with Crippen LogP contribution in [0.15, 0.2) is 42.5 Å². The van der Waals surface area contributed by atoms with E-state index in [1.807, 2.05) is 0 Å². The van der Waals surface area contributed by atoms with Gasteiger partial charge in [0.1, 0.15) is 11.6 Å². The fourth-order valence-electron chi connectivity index (χ4n) is 1.62. The summed E-state index contributed by atoms with van der Waals surface area (Å²) in [4.78, 5) is 11.7. The Bertz CT molecular complexity index is 632. The number of rotatable bonds is 5. The van der Waals surface area contributed by atoms with Gasteiger partial charge in [0, 0.05) is 17.4 Å². The Morgan fingerprint density at radius 1 is 1.24 bits per heavy atom. The molecule has 0 unspecified atom stereocenters. The monoisotopic (exact) mass is 308 g/mol. The van der Waals surface area contributed by atoms with Crippen LogP contribution in [0.3, 0.4) is 0 Å². The predicted molar refractivity (Wildman–Crippen MR) is 81.0 cm³/mol. The Balaban J connectivity index is 1.78. The Morgan fingerprint density at radius 2 is 1.95 bits per heavy atom. The summed E-state index contributed by atoms with van der Waals surface area (Å²) in [5.41, 5.74) is 6.85. The first-order valence-electron chi connectivity index (χ1n) is 6.28. The molecule has 21 heavy (non-hydrogen) atoms. The van der Waals surface area contributed by atoms with E-state index in [0.717, 1.165) is 0 Å². The fourth-order valence-corrected chi connectivity index (χ4v) is 1.79. The highest BCUT2D eigenvalue weighted by atomic mass is 35.5. The van der Waals surface area contributed by atoms with Gasteiger partial charge in [-0.25, -0.2) is 4.39 Å². The molecule has 2 aromatic carbocycles. The number of carbonyl (C=O) groups excluding carboxylic acids is 1. The van der Waals surface area contributed by atoms with Gasteiger partial charge >= 0.3 is 0 Å². The number of amides is 1. The third kappa shape index (κ3) is 4.65. The van der Waals surface area contributed by atoms with Crippen LogP contribution in [-0.4, -0.2) is 12.5 Å². The average Bonchev–Trinajstić information content (AvgIpc) is 2.45. The molecule has 6 heteroatoms. The number of carbonyl (C=O) groups is 1. The van der Waals surface area contributed by atoms with Crippen LogP contribution in [0.1, 0.15) is 6.42 Å². The maximum Gasteiger partial charge on any atom is 0.227 e. The van der Waals surface area contributed by atoms with Crippen LogP contribution >= 0.6 is 11.6 Å². The van der Waals surface area contributed by atoms with Crippen molar-refractivity contribution in [1.82, 2.24) is 0 Å². The van der Waals surface area contributed by atoms with Crippen LogP contribution in [0.25, 0.3) is 0 Å². The van der Waals surface area contributed by atoms with Crippen LogP contribution < -0.4 is 15.8 Å². The van der Waals surface area contributed by atoms with E-state index in [-0.39, 0.29) is 24.0 Å². The van der Waals surface area contributed by atoms with Crippen molar-refractivity contribution in [1.29, 1.82) is 0 Å².